The number of rotatable bonds is 7. The van der Waals surface area contributed by atoms with Crippen molar-refractivity contribution < 1.29 is 4.79 Å². The average Bonchev–Trinajstić information content (AvgIpc) is 3.29. The number of aryl methyl sites for hydroxylation is 1. The molecule has 27 heavy (non-hydrogen) atoms. The first-order valence-electron chi connectivity index (χ1n) is 9.12. The molecule has 3 rings (SSSR count). The zero-order valence-electron chi connectivity index (χ0n) is 16.2. The highest BCUT2D eigenvalue weighted by Gasteiger charge is 2.17. The number of carbonyl (C=O) groups is 1. The molecule has 0 fully saturated rings. The summed E-state index contributed by atoms with van der Waals surface area (Å²) in [5.41, 5.74) is 3.55. The van der Waals surface area contributed by atoms with E-state index >= 15 is 0 Å². The molecule has 0 spiro atoms. The Hall–Kier alpha value is -2.67. The third-order valence-corrected chi connectivity index (χ3v) is 5.39. The number of thiazole rings is 1. The van der Waals surface area contributed by atoms with E-state index in [1.165, 1.54) is 0 Å². The smallest absolute Gasteiger partial charge is 0.253 e. The number of hydrogen-bond acceptors (Lipinski definition) is 5. The molecular formula is C20H25N5OS. The molecule has 0 radical (unpaired) electrons. The first-order valence-corrected chi connectivity index (χ1v) is 10.00. The molecule has 0 atom stereocenters. The van der Waals surface area contributed by atoms with Gasteiger partial charge in [0.15, 0.2) is 5.13 Å². The third-order valence-electron chi connectivity index (χ3n) is 4.64. The van der Waals surface area contributed by atoms with Gasteiger partial charge in [0.1, 0.15) is 5.82 Å². The largest absolute Gasteiger partial charge is 0.357 e. The van der Waals surface area contributed by atoms with E-state index < -0.39 is 0 Å². The lowest BCUT2D eigenvalue weighted by atomic mass is 10.2. The van der Waals surface area contributed by atoms with Crippen molar-refractivity contribution in [2.24, 2.45) is 0 Å². The lowest BCUT2D eigenvalue weighted by molar-refractivity contribution is 0.0950. The Kier molecular flexibility index (Phi) is 5.91. The minimum Gasteiger partial charge on any atom is -0.357 e. The number of hydrogen-bond donors (Lipinski definition) is 1. The molecule has 0 aromatic carbocycles. The Morgan fingerprint density at radius 3 is 2.59 bits per heavy atom. The fourth-order valence-electron chi connectivity index (χ4n) is 3.15. The van der Waals surface area contributed by atoms with Gasteiger partial charge >= 0.3 is 0 Å². The molecule has 0 aliphatic carbocycles. The number of aromatic nitrogens is 3. The molecule has 3 heterocycles. The first kappa shape index (κ1) is 19.1. The molecule has 0 bridgehead atoms. The van der Waals surface area contributed by atoms with Crippen LogP contribution in [0.3, 0.4) is 0 Å². The van der Waals surface area contributed by atoms with Crippen LogP contribution in [-0.4, -0.2) is 33.5 Å². The van der Waals surface area contributed by atoms with E-state index in [4.69, 9.17) is 0 Å². The normalized spacial score (nSPS) is 10.8. The van der Waals surface area contributed by atoms with Crippen LogP contribution in [0.5, 0.6) is 0 Å². The van der Waals surface area contributed by atoms with Crippen LogP contribution in [0.25, 0.3) is 5.13 Å². The van der Waals surface area contributed by atoms with Gasteiger partial charge in [-0.1, -0.05) is 6.07 Å². The van der Waals surface area contributed by atoms with Crippen molar-refractivity contribution in [3.05, 3.63) is 58.5 Å². The highest BCUT2D eigenvalue weighted by Crippen LogP contribution is 2.22. The van der Waals surface area contributed by atoms with Crippen molar-refractivity contribution in [1.29, 1.82) is 0 Å². The molecule has 142 valence electrons. The van der Waals surface area contributed by atoms with Crippen LogP contribution in [0.15, 0.2) is 36.0 Å². The molecule has 3 aromatic heterocycles. The molecule has 3 aromatic rings. The topological polar surface area (TPSA) is 63.1 Å². The summed E-state index contributed by atoms with van der Waals surface area (Å²) in [5.74, 6) is 0.876. The predicted octanol–water partition coefficient (Wildman–Crippen LogP) is 3.72. The van der Waals surface area contributed by atoms with Crippen LogP contribution in [0.4, 0.5) is 5.82 Å². The summed E-state index contributed by atoms with van der Waals surface area (Å²) in [6.45, 7) is 10.5. The number of pyridine rings is 1. The summed E-state index contributed by atoms with van der Waals surface area (Å²) in [6.07, 6.45) is 3.60. The van der Waals surface area contributed by atoms with Gasteiger partial charge in [-0.3, -0.25) is 9.36 Å². The van der Waals surface area contributed by atoms with Crippen molar-refractivity contribution in [2.75, 3.05) is 18.0 Å². The minimum atomic E-state index is -0.0845. The highest BCUT2D eigenvalue weighted by molar-refractivity contribution is 7.12. The zero-order chi connectivity index (χ0) is 19.4. The van der Waals surface area contributed by atoms with Gasteiger partial charge in [-0.05, 0) is 45.4 Å². The van der Waals surface area contributed by atoms with Crippen molar-refractivity contribution in [2.45, 2.75) is 34.2 Å². The molecular weight excluding hydrogens is 358 g/mol. The Balaban J connectivity index is 1.69. The van der Waals surface area contributed by atoms with Crippen molar-refractivity contribution in [3.63, 3.8) is 0 Å². The quantitative estimate of drug-likeness (QED) is 0.675. The van der Waals surface area contributed by atoms with E-state index in [2.05, 4.69) is 34.0 Å². The van der Waals surface area contributed by atoms with Gasteiger partial charge in [-0.25, -0.2) is 9.97 Å². The second-order valence-electron chi connectivity index (χ2n) is 6.31. The van der Waals surface area contributed by atoms with E-state index in [-0.39, 0.29) is 5.91 Å². The van der Waals surface area contributed by atoms with Gasteiger partial charge in [0, 0.05) is 48.8 Å². The number of amides is 1. The van der Waals surface area contributed by atoms with Gasteiger partial charge in [-0.15, -0.1) is 11.3 Å². The molecule has 0 unspecified atom stereocenters. The molecule has 7 heteroatoms. The average molecular weight is 384 g/mol. The van der Waals surface area contributed by atoms with Gasteiger partial charge in [0.2, 0.25) is 0 Å². The van der Waals surface area contributed by atoms with Crippen molar-refractivity contribution in [1.82, 2.24) is 19.9 Å². The van der Waals surface area contributed by atoms with E-state index in [9.17, 15) is 4.79 Å². The van der Waals surface area contributed by atoms with Crippen LogP contribution < -0.4 is 10.2 Å². The lowest BCUT2D eigenvalue weighted by Gasteiger charge is -2.19. The maximum Gasteiger partial charge on any atom is 0.253 e. The summed E-state index contributed by atoms with van der Waals surface area (Å²) < 4.78 is 2.01. The summed E-state index contributed by atoms with van der Waals surface area (Å²) in [4.78, 5) is 23.7. The highest BCUT2D eigenvalue weighted by atomic mass is 32.1. The van der Waals surface area contributed by atoms with Crippen LogP contribution in [0.2, 0.25) is 0 Å². The Morgan fingerprint density at radius 1 is 1.22 bits per heavy atom. The minimum absolute atomic E-state index is 0.0845. The van der Waals surface area contributed by atoms with Crippen LogP contribution in [0.1, 0.15) is 41.2 Å². The summed E-state index contributed by atoms with van der Waals surface area (Å²) in [6, 6.07) is 5.93. The van der Waals surface area contributed by atoms with Gasteiger partial charge < -0.3 is 10.2 Å². The molecule has 1 amide bonds. The van der Waals surface area contributed by atoms with E-state index in [0.717, 1.165) is 41.0 Å². The molecule has 1 N–H and O–H groups in total. The number of nitrogens with zero attached hydrogens (tertiary/aromatic N) is 4. The zero-order valence-corrected chi connectivity index (χ0v) is 17.0. The Morgan fingerprint density at radius 2 is 2.00 bits per heavy atom. The SMILES string of the molecule is CCN(CC)c1ccc(CNC(=O)c2cc(C)n(-c3nccs3)c2C)cn1. The first-order chi connectivity index (χ1) is 13.0. The van der Waals surface area contributed by atoms with Crippen LogP contribution >= 0.6 is 11.3 Å². The molecule has 0 aliphatic heterocycles. The van der Waals surface area contributed by atoms with Gasteiger partial charge in [0.25, 0.3) is 5.91 Å². The second-order valence-corrected chi connectivity index (χ2v) is 7.19. The number of nitrogens with one attached hydrogen (secondary N) is 1. The van der Waals surface area contributed by atoms with E-state index in [1.54, 1.807) is 17.5 Å². The maximum atomic E-state index is 12.7. The summed E-state index contributed by atoms with van der Waals surface area (Å²) >= 11 is 1.55. The summed E-state index contributed by atoms with van der Waals surface area (Å²) in [5, 5.41) is 5.80. The van der Waals surface area contributed by atoms with Crippen molar-refractivity contribution in [3.8, 4) is 5.13 Å². The number of anilines is 1. The standard InChI is InChI=1S/C20H25N5OS/c1-5-24(6-2)18-8-7-16(12-22-18)13-23-19(26)17-11-14(3)25(15(17)4)20-21-9-10-27-20/h7-12H,5-6,13H2,1-4H3,(H,23,26). The van der Waals surface area contributed by atoms with Gasteiger partial charge in [-0.2, -0.15) is 0 Å². The monoisotopic (exact) mass is 383 g/mol. The summed E-state index contributed by atoms with van der Waals surface area (Å²) in [7, 11) is 0. The van der Waals surface area contributed by atoms with Crippen LogP contribution in [0, 0.1) is 13.8 Å². The third kappa shape index (κ3) is 4.03. The Bertz CT molecular complexity index is 895. The maximum absolute atomic E-state index is 12.7. The predicted molar refractivity (Wildman–Crippen MR) is 110 cm³/mol. The Labute approximate surface area is 163 Å². The number of carbonyl (C=O) groups excluding carboxylic acids is 1. The van der Waals surface area contributed by atoms with Crippen LogP contribution in [-0.2, 0) is 6.54 Å². The fourth-order valence-corrected chi connectivity index (χ4v) is 3.90. The lowest BCUT2D eigenvalue weighted by Crippen LogP contribution is -2.24. The van der Waals surface area contributed by atoms with E-state index in [0.29, 0.717) is 12.1 Å². The molecule has 0 saturated carbocycles. The molecule has 6 nitrogen and oxygen atoms in total. The molecule has 0 saturated heterocycles. The van der Waals surface area contributed by atoms with Crippen molar-refractivity contribution >= 4 is 23.1 Å². The fraction of sp³-hybridized carbons (Fsp3) is 0.350. The van der Waals surface area contributed by atoms with Gasteiger partial charge in [0.05, 0.1) is 5.56 Å². The second kappa shape index (κ2) is 8.35. The van der Waals surface area contributed by atoms with E-state index in [1.807, 2.05) is 48.2 Å². The molecule has 0 aliphatic rings.